The molecule has 0 aliphatic heterocycles. The predicted molar refractivity (Wildman–Crippen MR) is 74.1 cm³/mol. The zero-order valence-corrected chi connectivity index (χ0v) is 10.8. The first kappa shape index (κ1) is 12.2. The van der Waals surface area contributed by atoms with Gasteiger partial charge in [-0.05, 0) is 41.4 Å². The van der Waals surface area contributed by atoms with Crippen LogP contribution < -0.4 is 0 Å². The standard InChI is InChI=1S/C15H12ClNO2/c16-15-6-5-14(19-15)13(18)9-10-7-8-17-12-4-2-1-3-11(10)12/h1-8,13,18H,9H2. The molecule has 0 spiro atoms. The minimum Gasteiger partial charge on any atom is -0.447 e. The molecule has 0 radical (unpaired) electrons. The van der Waals surface area contributed by atoms with Crippen molar-refractivity contribution in [2.24, 2.45) is 0 Å². The lowest BCUT2D eigenvalue weighted by molar-refractivity contribution is 0.150. The highest BCUT2D eigenvalue weighted by Crippen LogP contribution is 2.25. The fourth-order valence-corrected chi connectivity index (χ4v) is 2.30. The van der Waals surface area contributed by atoms with E-state index in [0.29, 0.717) is 12.2 Å². The van der Waals surface area contributed by atoms with E-state index in [1.807, 2.05) is 30.3 Å². The third kappa shape index (κ3) is 2.48. The van der Waals surface area contributed by atoms with E-state index >= 15 is 0 Å². The Morgan fingerprint density at radius 3 is 2.79 bits per heavy atom. The molecule has 3 nitrogen and oxygen atoms in total. The van der Waals surface area contributed by atoms with Crippen molar-refractivity contribution in [3.63, 3.8) is 0 Å². The molecule has 1 atom stereocenters. The summed E-state index contributed by atoms with van der Waals surface area (Å²) in [5.74, 6) is 0.478. The van der Waals surface area contributed by atoms with E-state index < -0.39 is 6.10 Å². The molecule has 0 aliphatic carbocycles. The number of fused-ring (bicyclic) bond motifs is 1. The summed E-state index contributed by atoms with van der Waals surface area (Å²) in [6.07, 6.45) is 1.50. The lowest BCUT2D eigenvalue weighted by atomic mass is 10.0. The molecular formula is C15H12ClNO2. The average molecular weight is 274 g/mol. The first-order valence-corrected chi connectivity index (χ1v) is 6.38. The number of aliphatic hydroxyl groups excluding tert-OH is 1. The molecule has 1 aromatic carbocycles. The number of halogens is 1. The van der Waals surface area contributed by atoms with E-state index in [9.17, 15) is 5.11 Å². The summed E-state index contributed by atoms with van der Waals surface area (Å²) in [4.78, 5) is 4.30. The van der Waals surface area contributed by atoms with E-state index in [1.54, 1.807) is 18.3 Å². The highest BCUT2D eigenvalue weighted by molar-refractivity contribution is 6.28. The van der Waals surface area contributed by atoms with Crippen molar-refractivity contribution in [1.29, 1.82) is 0 Å². The lowest BCUT2D eigenvalue weighted by Gasteiger charge is -2.10. The quantitative estimate of drug-likeness (QED) is 0.790. The summed E-state index contributed by atoms with van der Waals surface area (Å²) in [6, 6.07) is 13.1. The fourth-order valence-electron chi connectivity index (χ4n) is 2.15. The normalized spacial score (nSPS) is 12.7. The number of para-hydroxylation sites is 1. The summed E-state index contributed by atoms with van der Waals surface area (Å²) in [5.41, 5.74) is 1.95. The molecule has 1 N–H and O–H groups in total. The van der Waals surface area contributed by atoms with Crippen LogP contribution in [0.25, 0.3) is 10.9 Å². The van der Waals surface area contributed by atoms with Gasteiger partial charge in [0.25, 0.3) is 0 Å². The average Bonchev–Trinajstić information content (AvgIpc) is 2.86. The van der Waals surface area contributed by atoms with Gasteiger partial charge >= 0.3 is 0 Å². The third-order valence-corrected chi connectivity index (χ3v) is 3.28. The maximum absolute atomic E-state index is 10.2. The second-order valence-electron chi connectivity index (χ2n) is 4.35. The van der Waals surface area contributed by atoms with Crippen molar-refractivity contribution in [2.45, 2.75) is 12.5 Å². The summed E-state index contributed by atoms with van der Waals surface area (Å²) in [5, 5.41) is 11.5. The van der Waals surface area contributed by atoms with Crippen molar-refractivity contribution in [2.75, 3.05) is 0 Å². The highest BCUT2D eigenvalue weighted by atomic mass is 35.5. The largest absolute Gasteiger partial charge is 0.447 e. The van der Waals surface area contributed by atoms with Crippen molar-refractivity contribution in [3.8, 4) is 0 Å². The Labute approximate surface area is 115 Å². The van der Waals surface area contributed by atoms with Crippen LogP contribution in [0.1, 0.15) is 17.4 Å². The number of rotatable bonds is 3. The zero-order chi connectivity index (χ0) is 13.2. The molecule has 2 aromatic heterocycles. The number of nitrogens with zero attached hydrogens (tertiary/aromatic N) is 1. The van der Waals surface area contributed by atoms with Gasteiger partial charge in [0.15, 0.2) is 5.22 Å². The maximum atomic E-state index is 10.2. The SMILES string of the molecule is OC(Cc1ccnc2ccccc12)c1ccc(Cl)o1. The topological polar surface area (TPSA) is 46.3 Å². The number of furan rings is 1. The van der Waals surface area contributed by atoms with Crippen LogP contribution >= 0.6 is 11.6 Å². The van der Waals surface area contributed by atoms with Crippen LogP contribution in [0.5, 0.6) is 0 Å². The molecule has 0 saturated heterocycles. The minimum atomic E-state index is -0.710. The van der Waals surface area contributed by atoms with Gasteiger partial charge < -0.3 is 9.52 Å². The second kappa shape index (κ2) is 5.03. The van der Waals surface area contributed by atoms with Crippen molar-refractivity contribution in [3.05, 3.63) is 65.2 Å². The van der Waals surface area contributed by atoms with Gasteiger partial charge in [0.05, 0.1) is 5.52 Å². The van der Waals surface area contributed by atoms with Gasteiger partial charge in [-0.2, -0.15) is 0 Å². The molecule has 0 fully saturated rings. The molecule has 1 unspecified atom stereocenters. The van der Waals surface area contributed by atoms with Crippen LogP contribution in [-0.2, 0) is 6.42 Å². The highest BCUT2D eigenvalue weighted by Gasteiger charge is 2.14. The van der Waals surface area contributed by atoms with Crippen LogP contribution in [0.2, 0.25) is 5.22 Å². The van der Waals surface area contributed by atoms with Gasteiger partial charge in [0, 0.05) is 18.0 Å². The number of aromatic nitrogens is 1. The molecule has 96 valence electrons. The van der Waals surface area contributed by atoms with E-state index in [2.05, 4.69) is 4.98 Å². The Hall–Kier alpha value is -1.84. The van der Waals surface area contributed by atoms with Crippen molar-refractivity contribution >= 4 is 22.5 Å². The van der Waals surface area contributed by atoms with Crippen LogP contribution in [0.3, 0.4) is 0 Å². The second-order valence-corrected chi connectivity index (χ2v) is 4.72. The molecule has 0 aliphatic rings. The number of hydrogen-bond acceptors (Lipinski definition) is 3. The third-order valence-electron chi connectivity index (χ3n) is 3.08. The molecule has 0 amide bonds. The van der Waals surface area contributed by atoms with Crippen LogP contribution in [0.4, 0.5) is 0 Å². The predicted octanol–water partition coefficient (Wildman–Crippen LogP) is 3.76. The Morgan fingerprint density at radius 2 is 2.00 bits per heavy atom. The van der Waals surface area contributed by atoms with Crippen molar-refractivity contribution < 1.29 is 9.52 Å². The Morgan fingerprint density at radius 1 is 1.16 bits per heavy atom. The first-order chi connectivity index (χ1) is 9.24. The molecular weight excluding hydrogens is 262 g/mol. The van der Waals surface area contributed by atoms with E-state index in [-0.39, 0.29) is 5.22 Å². The monoisotopic (exact) mass is 273 g/mol. The number of aliphatic hydroxyl groups is 1. The molecule has 0 bridgehead atoms. The Bertz CT molecular complexity index is 703. The maximum Gasteiger partial charge on any atom is 0.193 e. The van der Waals surface area contributed by atoms with E-state index in [1.165, 1.54) is 0 Å². The van der Waals surface area contributed by atoms with Gasteiger partial charge in [0.1, 0.15) is 11.9 Å². The van der Waals surface area contributed by atoms with E-state index in [0.717, 1.165) is 16.5 Å². The Balaban J connectivity index is 1.93. The fraction of sp³-hybridized carbons (Fsp3) is 0.133. The summed E-state index contributed by atoms with van der Waals surface area (Å²) in [6.45, 7) is 0. The van der Waals surface area contributed by atoms with Gasteiger partial charge in [-0.15, -0.1) is 0 Å². The van der Waals surface area contributed by atoms with Gasteiger partial charge in [0.2, 0.25) is 0 Å². The van der Waals surface area contributed by atoms with Crippen LogP contribution in [0, 0.1) is 0 Å². The summed E-state index contributed by atoms with van der Waals surface area (Å²) < 4.78 is 5.23. The minimum absolute atomic E-state index is 0.286. The van der Waals surface area contributed by atoms with Gasteiger partial charge in [-0.1, -0.05) is 18.2 Å². The van der Waals surface area contributed by atoms with Gasteiger partial charge in [-0.3, -0.25) is 4.98 Å². The number of hydrogen-bond donors (Lipinski definition) is 1. The lowest BCUT2D eigenvalue weighted by Crippen LogP contribution is -2.01. The smallest absolute Gasteiger partial charge is 0.193 e. The molecule has 4 heteroatoms. The number of pyridine rings is 1. The van der Waals surface area contributed by atoms with Crippen LogP contribution in [-0.4, -0.2) is 10.1 Å². The van der Waals surface area contributed by atoms with Crippen LogP contribution in [0.15, 0.2) is 53.1 Å². The molecule has 0 saturated carbocycles. The molecule has 3 rings (SSSR count). The molecule has 3 aromatic rings. The molecule has 2 heterocycles. The van der Waals surface area contributed by atoms with E-state index in [4.69, 9.17) is 16.0 Å². The number of benzene rings is 1. The Kier molecular flexibility index (Phi) is 3.23. The van der Waals surface area contributed by atoms with Crippen molar-refractivity contribution in [1.82, 2.24) is 4.98 Å². The molecule has 19 heavy (non-hydrogen) atoms. The zero-order valence-electron chi connectivity index (χ0n) is 10.1. The summed E-state index contributed by atoms with van der Waals surface area (Å²) >= 11 is 5.71. The van der Waals surface area contributed by atoms with Gasteiger partial charge in [-0.25, -0.2) is 0 Å². The first-order valence-electron chi connectivity index (χ1n) is 6.00. The summed E-state index contributed by atoms with van der Waals surface area (Å²) in [7, 11) is 0.